The minimum Gasteiger partial charge on any atom is -0.303 e. The molecule has 5 heteroatoms. The molecule has 1 saturated carbocycles. The summed E-state index contributed by atoms with van der Waals surface area (Å²) >= 11 is 0. The average molecular weight is 273 g/mol. The molecule has 1 aliphatic carbocycles. The van der Waals surface area contributed by atoms with E-state index in [1.165, 1.54) is 6.42 Å². The maximum Gasteiger partial charge on any atom is 0.152 e. The van der Waals surface area contributed by atoms with Gasteiger partial charge in [-0.25, -0.2) is 8.42 Å². The molecular formula is C13H23NO3S. The highest BCUT2D eigenvalue weighted by Gasteiger charge is 2.37. The van der Waals surface area contributed by atoms with Crippen molar-refractivity contribution in [1.82, 2.24) is 4.90 Å². The van der Waals surface area contributed by atoms with Crippen molar-refractivity contribution >= 4 is 16.1 Å². The maximum absolute atomic E-state index is 11.5. The van der Waals surface area contributed by atoms with Gasteiger partial charge in [0.05, 0.1) is 11.5 Å². The second-order valence-corrected chi connectivity index (χ2v) is 8.41. The summed E-state index contributed by atoms with van der Waals surface area (Å²) in [5.74, 6) is 1.10. The number of carbonyl (C=O) groups excluding carboxylic acids is 1. The number of carbonyl (C=O) groups is 1. The molecule has 0 aromatic carbocycles. The van der Waals surface area contributed by atoms with Crippen LogP contribution in [0.2, 0.25) is 0 Å². The van der Waals surface area contributed by atoms with Crippen molar-refractivity contribution in [1.29, 1.82) is 0 Å². The molecule has 2 fully saturated rings. The van der Waals surface area contributed by atoms with Crippen molar-refractivity contribution in [2.45, 2.75) is 32.6 Å². The van der Waals surface area contributed by atoms with E-state index in [1.807, 2.05) is 0 Å². The van der Waals surface area contributed by atoms with Crippen LogP contribution in [0.1, 0.15) is 32.6 Å². The van der Waals surface area contributed by atoms with Crippen LogP contribution in [0.5, 0.6) is 0 Å². The number of hydrogen-bond acceptors (Lipinski definition) is 4. The standard InChI is InChI=1S/C13H23NO3S/c1-12-3-2-4-13(9-12,11-15)10-14-5-7-18(16,17)8-6-14/h11-12H,2-10H2,1H3. The molecule has 0 aromatic heterocycles. The van der Waals surface area contributed by atoms with E-state index in [4.69, 9.17) is 0 Å². The van der Waals surface area contributed by atoms with Crippen LogP contribution in [-0.2, 0) is 14.6 Å². The third-order valence-electron chi connectivity index (χ3n) is 4.35. The lowest BCUT2D eigenvalue weighted by molar-refractivity contribution is -0.120. The molecule has 2 rings (SSSR count). The first-order valence-electron chi connectivity index (χ1n) is 6.84. The van der Waals surface area contributed by atoms with Gasteiger partial charge in [-0.05, 0) is 18.8 Å². The van der Waals surface area contributed by atoms with Gasteiger partial charge in [0.25, 0.3) is 0 Å². The third kappa shape index (κ3) is 3.32. The first kappa shape index (κ1) is 14.0. The van der Waals surface area contributed by atoms with Crippen molar-refractivity contribution in [2.24, 2.45) is 11.3 Å². The fourth-order valence-corrected chi connectivity index (χ4v) is 4.62. The molecule has 104 valence electrons. The van der Waals surface area contributed by atoms with E-state index in [2.05, 4.69) is 11.8 Å². The van der Waals surface area contributed by atoms with Gasteiger partial charge in [0.1, 0.15) is 6.29 Å². The molecule has 0 N–H and O–H groups in total. The Hall–Kier alpha value is -0.420. The quantitative estimate of drug-likeness (QED) is 0.723. The second kappa shape index (κ2) is 5.29. The Labute approximate surface area is 110 Å². The van der Waals surface area contributed by atoms with E-state index in [0.717, 1.165) is 32.1 Å². The minimum absolute atomic E-state index is 0.223. The van der Waals surface area contributed by atoms with Gasteiger partial charge in [-0.1, -0.05) is 19.8 Å². The normalized spacial score (nSPS) is 37.3. The predicted molar refractivity (Wildman–Crippen MR) is 71.2 cm³/mol. The molecule has 0 spiro atoms. The van der Waals surface area contributed by atoms with Gasteiger partial charge in [0.2, 0.25) is 0 Å². The van der Waals surface area contributed by atoms with E-state index in [9.17, 15) is 13.2 Å². The Kier molecular flexibility index (Phi) is 4.11. The Morgan fingerprint density at radius 3 is 2.56 bits per heavy atom. The van der Waals surface area contributed by atoms with Gasteiger partial charge in [-0.2, -0.15) is 0 Å². The van der Waals surface area contributed by atoms with Crippen molar-refractivity contribution in [2.75, 3.05) is 31.1 Å². The Morgan fingerprint density at radius 1 is 1.33 bits per heavy atom. The highest BCUT2D eigenvalue weighted by atomic mass is 32.2. The van der Waals surface area contributed by atoms with Crippen molar-refractivity contribution in [3.05, 3.63) is 0 Å². The van der Waals surface area contributed by atoms with Crippen LogP contribution in [0.25, 0.3) is 0 Å². The summed E-state index contributed by atoms with van der Waals surface area (Å²) in [6.45, 7) is 4.13. The number of sulfone groups is 1. The van der Waals surface area contributed by atoms with Crippen LogP contribution in [0.4, 0.5) is 0 Å². The van der Waals surface area contributed by atoms with Gasteiger partial charge >= 0.3 is 0 Å². The topological polar surface area (TPSA) is 54.5 Å². The highest BCUT2D eigenvalue weighted by molar-refractivity contribution is 7.91. The molecule has 0 bridgehead atoms. The molecule has 4 nitrogen and oxygen atoms in total. The molecule has 18 heavy (non-hydrogen) atoms. The third-order valence-corrected chi connectivity index (χ3v) is 5.96. The summed E-state index contributed by atoms with van der Waals surface area (Å²) in [6.07, 6.45) is 5.38. The molecule has 2 unspecified atom stereocenters. The summed E-state index contributed by atoms with van der Waals surface area (Å²) in [5, 5.41) is 0. The lowest BCUT2D eigenvalue weighted by Crippen LogP contribution is -2.47. The van der Waals surface area contributed by atoms with Gasteiger partial charge in [-0.15, -0.1) is 0 Å². The van der Waals surface area contributed by atoms with Crippen LogP contribution in [0.15, 0.2) is 0 Å². The molecule has 0 amide bonds. The summed E-state index contributed by atoms with van der Waals surface area (Å²) in [6, 6.07) is 0. The number of rotatable bonds is 3. The number of nitrogens with zero attached hydrogens (tertiary/aromatic N) is 1. The van der Waals surface area contributed by atoms with E-state index >= 15 is 0 Å². The molecule has 1 saturated heterocycles. The van der Waals surface area contributed by atoms with Crippen molar-refractivity contribution < 1.29 is 13.2 Å². The molecule has 2 aliphatic rings. The van der Waals surface area contributed by atoms with Gasteiger partial charge < -0.3 is 9.69 Å². The summed E-state index contributed by atoms with van der Waals surface area (Å²) < 4.78 is 22.8. The fraction of sp³-hybridized carbons (Fsp3) is 0.923. The maximum atomic E-state index is 11.5. The molecule has 0 radical (unpaired) electrons. The second-order valence-electron chi connectivity index (χ2n) is 6.11. The summed E-state index contributed by atoms with van der Waals surface area (Å²) in [5.41, 5.74) is -0.223. The van der Waals surface area contributed by atoms with Crippen LogP contribution in [0.3, 0.4) is 0 Å². The molecule has 1 aliphatic heterocycles. The number of aldehydes is 1. The first-order valence-corrected chi connectivity index (χ1v) is 8.66. The molecule has 0 aromatic rings. The molecule has 1 heterocycles. The van der Waals surface area contributed by atoms with E-state index in [0.29, 0.717) is 19.0 Å². The van der Waals surface area contributed by atoms with Crippen LogP contribution in [-0.4, -0.2) is 50.7 Å². The van der Waals surface area contributed by atoms with Crippen LogP contribution in [0, 0.1) is 11.3 Å². The summed E-state index contributed by atoms with van der Waals surface area (Å²) in [4.78, 5) is 13.6. The van der Waals surface area contributed by atoms with Gasteiger partial charge in [0.15, 0.2) is 9.84 Å². The molecule has 2 atom stereocenters. The lowest BCUT2D eigenvalue weighted by Gasteiger charge is -2.40. The smallest absolute Gasteiger partial charge is 0.152 e. The Balaban J connectivity index is 1.96. The minimum atomic E-state index is -2.82. The van der Waals surface area contributed by atoms with Crippen molar-refractivity contribution in [3.8, 4) is 0 Å². The van der Waals surface area contributed by atoms with E-state index in [1.54, 1.807) is 0 Å². The SMILES string of the molecule is CC1CCCC(C=O)(CN2CCS(=O)(=O)CC2)C1. The largest absolute Gasteiger partial charge is 0.303 e. The monoisotopic (exact) mass is 273 g/mol. The Bertz CT molecular complexity index is 392. The fourth-order valence-electron chi connectivity index (χ4n) is 3.34. The first-order chi connectivity index (χ1) is 8.45. The van der Waals surface area contributed by atoms with Gasteiger partial charge in [-0.3, -0.25) is 0 Å². The Morgan fingerprint density at radius 2 is 2.00 bits per heavy atom. The van der Waals surface area contributed by atoms with E-state index < -0.39 is 9.84 Å². The predicted octanol–water partition coefficient (Wildman–Crippen LogP) is 1.11. The van der Waals surface area contributed by atoms with E-state index in [-0.39, 0.29) is 16.9 Å². The van der Waals surface area contributed by atoms with Crippen LogP contribution < -0.4 is 0 Å². The zero-order valence-electron chi connectivity index (χ0n) is 11.1. The average Bonchev–Trinajstić information content (AvgIpc) is 2.32. The van der Waals surface area contributed by atoms with Crippen molar-refractivity contribution in [3.63, 3.8) is 0 Å². The summed E-state index contributed by atoms with van der Waals surface area (Å²) in [7, 11) is -2.82. The van der Waals surface area contributed by atoms with Gasteiger partial charge in [0, 0.05) is 25.0 Å². The zero-order chi connectivity index (χ0) is 13.2. The number of hydrogen-bond donors (Lipinski definition) is 0. The zero-order valence-corrected chi connectivity index (χ0v) is 11.9. The highest BCUT2D eigenvalue weighted by Crippen LogP contribution is 2.38. The molecular weight excluding hydrogens is 250 g/mol. The lowest BCUT2D eigenvalue weighted by atomic mass is 9.70. The van der Waals surface area contributed by atoms with Crippen LogP contribution >= 0.6 is 0 Å².